The molecule has 0 bridgehead atoms. The van der Waals surface area contributed by atoms with E-state index in [-0.39, 0.29) is 11.2 Å². The Labute approximate surface area is 103 Å². The minimum absolute atomic E-state index is 0.0938. The van der Waals surface area contributed by atoms with Crippen molar-refractivity contribution in [3.63, 3.8) is 0 Å². The van der Waals surface area contributed by atoms with Gasteiger partial charge in [-0.05, 0) is 12.1 Å². The lowest BCUT2D eigenvalue weighted by molar-refractivity contribution is -0.137. The molecule has 3 nitrogen and oxygen atoms in total. The molecule has 3 rings (SSSR count). The molecule has 0 aliphatic carbocycles. The number of esters is 1. The van der Waals surface area contributed by atoms with Crippen molar-refractivity contribution in [1.82, 2.24) is 4.98 Å². The first-order valence-corrected chi connectivity index (χ1v) is 6.40. The molecule has 1 saturated heterocycles. The molecular formula is C13H11NO2S. The molecule has 2 aromatic rings. The maximum Gasteiger partial charge on any atom is 0.319 e. The highest BCUT2D eigenvalue weighted by molar-refractivity contribution is 8.00. The van der Waals surface area contributed by atoms with E-state index < -0.39 is 0 Å². The van der Waals surface area contributed by atoms with Crippen molar-refractivity contribution in [3.05, 3.63) is 36.4 Å². The number of hydrogen-bond acceptors (Lipinski definition) is 4. The normalized spacial score (nSPS) is 19.5. The summed E-state index contributed by atoms with van der Waals surface area (Å²) in [5.74, 6) is -0.120. The number of thioether (sulfide) groups is 1. The molecule has 1 fully saturated rings. The van der Waals surface area contributed by atoms with Crippen LogP contribution in [0.4, 0.5) is 0 Å². The van der Waals surface area contributed by atoms with Crippen molar-refractivity contribution in [3.8, 4) is 0 Å². The fourth-order valence-electron chi connectivity index (χ4n) is 1.84. The molecule has 1 aliphatic heterocycles. The third-order valence-corrected chi connectivity index (χ3v) is 3.90. The molecule has 1 aliphatic rings. The summed E-state index contributed by atoms with van der Waals surface area (Å²) in [6, 6.07) is 12.0. The number of fused-ring (bicyclic) bond motifs is 1. The Bertz CT molecular complexity index is 570. The van der Waals surface area contributed by atoms with E-state index >= 15 is 0 Å². The molecule has 4 heteroatoms. The van der Waals surface area contributed by atoms with Crippen molar-refractivity contribution in [2.75, 3.05) is 6.61 Å². The van der Waals surface area contributed by atoms with Crippen molar-refractivity contribution >= 4 is 28.6 Å². The second kappa shape index (κ2) is 4.37. The Morgan fingerprint density at radius 2 is 2.12 bits per heavy atom. The SMILES string of the molecule is O=C1OCCC1Sc1ccc2ccccc2n1. The molecule has 1 aromatic carbocycles. The zero-order valence-electron chi connectivity index (χ0n) is 9.13. The van der Waals surface area contributed by atoms with Gasteiger partial charge in [-0.3, -0.25) is 4.79 Å². The van der Waals surface area contributed by atoms with Gasteiger partial charge in [-0.25, -0.2) is 4.98 Å². The second-order valence-corrected chi connectivity index (χ2v) is 5.13. The zero-order chi connectivity index (χ0) is 11.7. The molecule has 1 aromatic heterocycles. The number of rotatable bonds is 2. The first kappa shape index (κ1) is 10.6. The summed E-state index contributed by atoms with van der Waals surface area (Å²) in [6.45, 7) is 0.532. The maximum atomic E-state index is 11.4. The molecule has 0 N–H and O–H groups in total. The summed E-state index contributed by atoms with van der Waals surface area (Å²) in [4.78, 5) is 15.9. The average Bonchev–Trinajstić information content (AvgIpc) is 2.75. The van der Waals surface area contributed by atoms with Gasteiger partial charge >= 0.3 is 5.97 Å². The minimum atomic E-state index is -0.120. The third-order valence-electron chi connectivity index (χ3n) is 2.72. The molecule has 0 radical (unpaired) electrons. The summed E-state index contributed by atoms with van der Waals surface area (Å²) < 4.78 is 4.94. The zero-order valence-corrected chi connectivity index (χ0v) is 9.94. The Kier molecular flexibility index (Phi) is 2.73. The van der Waals surface area contributed by atoms with E-state index in [0.717, 1.165) is 22.3 Å². The van der Waals surface area contributed by atoms with Gasteiger partial charge < -0.3 is 4.74 Å². The number of carbonyl (C=O) groups is 1. The first-order chi connectivity index (χ1) is 8.33. The summed E-state index contributed by atoms with van der Waals surface area (Å²) >= 11 is 1.49. The van der Waals surface area contributed by atoms with Crippen molar-refractivity contribution < 1.29 is 9.53 Å². The third kappa shape index (κ3) is 2.13. The van der Waals surface area contributed by atoms with Gasteiger partial charge in [0.1, 0.15) is 5.25 Å². The van der Waals surface area contributed by atoms with E-state index in [0.29, 0.717) is 6.61 Å². The van der Waals surface area contributed by atoms with Crippen LogP contribution < -0.4 is 0 Å². The van der Waals surface area contributed by atoms with Gasteiger partial charge in [0, 0.05) is 11.8 Å². The van der Waals surface area contributed by atoms with Crippen LogP contribution >= 0.6 is 11.8 Å². The molecule has 86 valence electrons. The van der Waals surface area contributed by atoms with Crippen molar-refractivity contribution in [2.24, 2.45) is 0 Å². The molecule has 0 amide bonds. The minimum Gasteiger partial charge on any atom is -0.465 e. The Hall–Kier alpha value is -1.55. The quantitative estimate of drug-likeness (QED) is 0.762. The second-order valence-electron chi connectivity index (χ2n) is 3.90. The number of pyridine rings is 1. The smallest absolute Gasteiger partial charge is 0.319 e. The highest BCUT2D eigenvalue weighted by Gasteiger charge is 2.27. The summed E-state index contributed by atoms with van der Waals surface area (Å²) in [5.41, 5.74) is 0.962. The van der Waals surface area contributed by atoms with Gasteiger partial charge in [-0.15, -0.1) is 0 Å². The number of nitrogens with zero attached hydrogens (tertiary/aromatic N) is 1. The number of para-hydroxylation sites is 1. The fraction of sp³-hybridized carbons (Fsp3) is 0.231. The predicted octanol–water partition coefficient (Wildman–Crippen LogP) is 2.64. The largest absolute Gasteiger partial charge is 0.465 e. The number of cyclic esters (lactones) is 1. The van der Waals surface area contributed by atoms with Crippen LogP contribution in [0.15, 0.2) is 41.4 Å². The van der Waals surface area contributed by atoms with Gasteiger partial charge in [0.2, 0.25) is 0 Å². The summed E-state index contributed by atoms with van der Waals surface area (Å²) in [6.07, 6.45) is 0.776. The van der Waals surface area contributed by atoms with Gasteiger partial charge in [0.15, 0.2) is 0 Å². The lowest BCUT2D eigenvalue weighted by Crippen LogP contribution is -2.09. The molecule has 0 spiro atoms. The van der Waals surface area contributed by atoms with Gasteiger partial charge in [0.05, 0.1) is 17.1 Å². The Morgan fingerprint density at radius 1 is 1.24 bits per heavy atom. The Balaban J connectivity index is 1.88. The Morgan fingerprint density at radius 3 is 2.94 bits per heavy atom. The fourth-order valence-corrected chi connectivity index (χ4v) is 2.81. The lowest BCUT2D eigenvalue weighted by Gasteiger charge is -2.05. The summed E-state index contributed by atoms with van der Waals surface area (Å²) in [5, 5.41) is 1.90. The molecule has 2 heterocycles. The molecular weight excluding hydrogens is 234 g/mol. The predicted molar refractivity (Wildman–Crippen MR) is 67.0 cm³/mol. The van der Waals surface area contributed by atoms with Gasteiger partial charge in [-0.2, -0.15) is 0 Å². The lowest BCUT2D eigenvalue weighted by atomic mass is 10.2. The van der Waals surface area contributed by atoms with Crippen LogP contribution in [0.25, 0.3) is 10.9 Å². The van der Waals surface area contributed by atoms with Crippen LogP contribution in [0.5, 0.6) is 0 Å². The van der Waals surface area contributed by atoms with Gasteiger partial charge in [0.25, 0.3) is 0 Å². The van der Waals surface area contributed by atoms with Crippen LogP contribution in [-0.4, -0.2) is 22.8 Å². The van der Waals surface area contributed by atoms with Crippen molar-refractivity contribution in [1.29, 1.82) is 0 Å². The van der Waals surface area contributed by atoms with Crippen LogP contribution in [0.1, 0.15) is 6.42 Å². The van der Waals surface area contributed by atoms with E-state index in [4.69, 9.17) is 4.74 Å². The molecule has 1 atom stereocenters. The monoisotopic (exact) mass is 245 g/mol. The number of carbonyl (C=O) groups excluding carboxylic acids is 1. The van der Waals surface area contributed by atoms with E-state index in [9.17, 15) is 4.79 Å². The number of benzene rings is 1. The van der Waals surface area contributed by atoms with Crippen LogP contribution in [0.2, 0.25) is 0 Å². The highest BCUT2D eigenvalue weighted by Crippen LogP contribution is 2.29. The van der Waals surface area contributed by atoms with E-state index in [1.54, 1.807) is 0 Å². The van der Waals surface area contributed by atoms with E-state index in [1.807, 2.05) is 36.4 Å². The average molecular weight is 245 g/mol. The van der Waals surface area contributed by atoms with Gasteiger partial charge in [-0.1, -0.05) is 36.0 Å². The first-order valence-electron chi connectivity index (χ1n) is 5.52. The van der Waals surface area contributed by atoms with Crippen molar-refractivity contribution in [2.45, 2.75) is 16.7 Å². The van der Waals surface area contributed by atoms with Crippen LogP contribution in [0.3, 0.4) is 0 Å². The number of hydrogen-bond donors (Lipinski definition) is 0. The molecule has 1 unspecified atom stereocenters. The van der Waals surface area contributed by atoms with E-state index in [1.165, 1.54) is 11.8 Å². The standard InChI is InChI=1S/C13H11NO2S/c15-13-11(7-8-16-13)17-12-6-5-9-3-1-2-4-10(9)14-12/h1-6,11H,7-8H2. The van der Waals surface area contributed by atoms with E-state index in [2.05, 4.69) is 4.98 Å². The topological polar surface area (TPSA) is 39.2 Å². The number of ether oxygens (including phenoxy) is 1. The maximum absolute atomic E-state index is 11.4. The summed E-state index contributed by atoms with van der Waals surface area (Å²) in [7, 11) is 0. The van der Waals surface area contributed by atoms with Crippen LogP contribution in [-0.2, 0) is 9.53 Å². The number of aromatic nitrogens is 1. The van der Waals surface area contributed by atoms with Crippen LogP contribution in [0, 0.1) is 0 Å². The molecule has 0 saturated carbocycles. The molecule has 17 heavy (non-hydrogen) atoms. The highest BCUT2D eigenvalue weighted by atomic mass is 32.2.